The van der Waals surface area contributed by atoms with Crippen LogP contribution in [0.25, 0.3) is 62.6 Å². The lowest BCUT2D eigenvalue weighted by Crippen LogP contribution is -2.34. The third-order valence-corrected chi connectivity index (χ3v) is 35.9. The van der Waals surface area contributed by atoms with E-state index in [0.717, 1.165) is 125 Å². The molecule has 4 amide bonds. The number of hydrogen-bond donors (Lipinski definition) is 0. The number of unbranched alkanes of at least 4 members (excludes halogenated alkanes) is 48. The number of carbonyl (C=O) groups excluding carboxylic acids is 4. The van der Waals surface area contributed by atoms with E-state index >= 15 is 19.2 Å². The van der Waals surface area contributed by atoms with Crippen LogP contribution in [0.5, 0.6) is 0 Å². The van der Waals surface area contributed by atoms with Gasteiger partial charge in [-0.15, -0.1) is 45.3 Å². The van der Waals surface area contributed by atoms with Gasteiger partial charge in [-0.25, -0.2) is 0 Å². The van der Waals surface area contributed by atoms with Gasteiger partial charge in [0.25, 0.3) is 23.6 Å². The number of thiophene rings is 4. The van der Waals surface area contributed by atoms with Crippen molar-refractivity contribution in [2.24, 2.45) is 23.7 Å². The SMILES string of the molecule is CCCCCCCCCCC(CCCCCCCC)CN1C(=O)/C(=C2/C(=O)N(CC(CCCCCCCC)CCCCCCCCCC)c3c2sc2cc(Br)ccc32)c2sc3cc(Br)ccc3c21.CCCCCCCCCCC(CCCCCCCC)CN1C(=O)/C(=C2/C(=O)N(CC(CCCCCCCC)CCCCCCCCCC)c3c2sc2ccccc32)c2sc3ccccc3c21. The van der Waals surface area contributed by atoms with Crippen molar-refractivity contribution in [3.8, 4) is 0 Å². The summed E-state index contributed by atoms with van der Waals surface area (Å²) < 4.78 is 6.83. The maximum atomic E-state index is 15.6. The van der Waals surface area contributed by atoms with Crippen LogP contribution in [0.2, 0.25) is 0 Å². The van der Waals surface area contributed by atoms with Gasteiger partial charge in [-0.1, -0.05) is 495 Å². The van der Waals surface area contributed by atoms with Gasteiger partial charge in [0.1, 0.15) is 0 Å². The number of halogens is 2. The Morgan fingerprint density at radius 2 is 0.388 bits per heavy atom. The van der Waals surface area contributed by atoms with Crippen molar-refractivity contribution in [1.82, 2.24) is 0 Å². The van der Waals surface area contributed by atoms with Gasteiger partial charge in [-0.3, -0.25) is 19.2 Å². The average Bonchev–Trinajstić information content (AvgIpc) is 1.54. The lowest BCUT2D eigenvalue weighted by Gasteiger charge is -2.25. The molecule has 4 aliphatic heterocycles. The fourth-order valence-electron chi connectivity index (χ4n) is 22.3. The van der Waals surface area contributed by atoms with E-state index < -0.39 is 0 Å². The first-order chi connectivity index (χ1) is 65.8. The second kappa shape index (κ2) is 61.7. The van der Waals surface area contributed by atoms with Gasteiger partial charge in [0.2, 0.25) is 0 Å². The van der Waals surface area contributed by atoms with Crippen molar-refractivity contribution < 1.29 is 19.2 Å². The summed E-state index contributed by atoms with van der Waals surface area (Å²) in [4.78, 5) is 74.8. The smallest absolute Gasteiger partial charge is 0.260 e. The Kier molecular flexibility index (Phi) is 50.4. The van der Waals surface area contributed by atoms with Crippen LogP contribution >= 0.6 is 77.2 Å². The summed E-state index contributed by atoms with van der Waals surface area (Å²) >= 11 is 14.4. The normalized spacial score (nSPS) is 15.8. The highest BCUT2D eigenvalue weighted by atomic mass is 79.9. The van der Waals surface area contributed by atoms with Crippen molar-refractivity contribution in [2.45, 2.75) is 466 Å². The zero-order chi connectivity index (χ0) is 94.4. The molecule has 8 aromatic rings. The number of nitrogens with zero attached hydrogens (tertiary/aromatic N) is 4. The van der Waals surface area contributed by atoms with Crippen LogP contribution in [0.15, 0.2) is 93.9 Å². The number of anilines is 4. The largest absolute Gasteiger partial charge is 0.306 e. The number of amides is 4. The Morgan fingerprint density at radius 1 is 0.216 bits per heavy atom. The number of hydrogen-bond acceptors (Lipinski definition) is 8. The molecule has 4 aromatic heterocycles. The molecule has 740 valence electrons. The summed E-state index contributed by atoms with van der Waals surface area (Å²) in [5, 5.41) is 4.59. The molecule has 8 heterocycles. The Bertz CT molecular complexity index is 4570. The molecule has 0 saturated heterocycles. The van der Waals surface area contributed by atoms with E-state index in [-0.39, 0.29) is 23.6 Å². The third-order valence-electron chi connectivity index (χ3n) is 30.2. The topological polar surface area (TPSA) is 81.2 Å². The first-order valence-corrected chi connectivity index (χ1v) is 60.9. The predicted molar refractivity (Wildman–Crippen MR) is 601 cm³/mol. The molecule has 0 spiro atoms. The summed E-state index contributed by atoms with van der Waals surface area (Å²) in [7, 11) is 0. The summed E-state index contributed by atoms with van der Waals surface area (Å²) in [5.74, 6) is 1.95. The summed E-state index contributed by atoms with van der Waals surface area (Å²) in [6.07, 6.45) is 82.3. The first kappa shape index (κ1) is 109. The van der Waals surface area contributed by atoms with Crippen molar-refractivity contribution in [3.05, 3.63) is 113 Å². The Hall–Kier alpha value is -4.96. The van der Waals surface area contributed by atoms with E-state index in [1.165, 1.54) is 404 Å². The number of rotatable bonds is 72. The summed E-state index contributed by atoms with van der Waals surface area (Å²) in [6, 6.07) is 30.4. The van der Waals surface area contributed by atoms with Crippen LogP contribution in [0.1, 0.15) is 486 Å². The predicted octanol–water partition coefficient (Wildman–Crippen LogP) is 40.6. The van der Waals surface area contributed by atoms with Crippen LogP contribution in [-0.2, 0) is 19.2 Å². The molecule has 8 nitrogen and oxygen atoms in total. The highest BCUT2D eigenvalue weighted by molar-refractivity contribution is 9.10. The minimum absolute atomic E-state index is 0.0392. The fraction of sp³-hybridized carbons (Fsp3) is 0.667. The molecule has 4 unspecified atom stereocenters. The van der Waals surface area contributed by atoms with Crippen molar-refractivity contribution in [3.63, 3.8) is 0 Å². The fourth-order valence-corrected chi connectivity index (χ4v) is 28.4. The summed E-state index contributed by atoms with van der Waals surface area (Å²) in [5.41, 5.74) is 6.87. The Morgan fingerprint density at radius 3 is 0.590 bits per heavy atom. The van der Waals surface area contributed by atoms with Gasteiger partial charge in [0, 0.05) is 75.5 Å². The molecule has 0 N–H and O–H groups in total. The van der Waals surface area contributed by atoms with Crippen LogP contribution in [0.3, 0.4) is 0 Å². The first-order valence-electron chi connectivity index (χ1n) is 56.1. The van der Waals surface area contributed by atoms with Crippen LogP contribution in [0.4, 0.5) is 22.7 Å². The standard InChI is InChI=1S/C60H88Br2N2O2S2.C60H90N2O2S2/c1-5-9-13-17-21-23-27-31-35-45(33-29-25-19-15-11-7-3)43-63-55-49-39-37-47(61)41-51(49)67-57(55)53(59(63)65)54-58-56(50-40-38-48(62)42-52(50)68-58)64(60(54)66)44-46(34-30-26-20-16-12-8-4)36-32-28-24-22-18-14-10-6-2;1-5-9-13-17-21-23-27-31-39-47(37-29-25-19-15-11-7-3)45-61-55-49-41-33-35-43-51(49)65-57(55)53(59(61)63)54-58-56(50-42-34-36-44-52(50)66-58)62(60(54)64)46-48(38-30-26-20-16-12-8-4)40-32-28-24-22-18-14-10-6-2/h37-42,45-46H,5-36,43-44H2,1-4H3;33-36,41-44,47-48H,5-32,37-40,45-46H2,1-4H3/b2*54-53+. The molecule has 4 aromatic carbocycles. The lowest BCUT2D eigenvalue weighted by molar-refractivity contribution is -0.114. The molecule has 4 atom stereocenters. The minimum atomic E-state index is 0.0392. The molecule has 14 heteroatoms. The van der Waals surface area contributed by atoms with Crippen molar-refractivity contribution >= 4 is 186 Å². The maximum absolute atomic E-state index is 15.6. The van der Waals surface area contributed by atoms with Gasteiger partial charge in [0.15, 0.2) is 0 Å². The van der Waals surface area contributed by atoms with Crippen LogP contribution in [0, 0.1) is 23.7 Å². The second-order valence-electron chi connectivity index (χ2n) is 41.3. The maximum Gasteiger partial charge on any atom is 0.260 e. The van der Waals surface area contributed by atoms with E-state index in [9.17, 15) is 0 Å². The van der Waals surface area contributed by atoms with Crippen LogP contribution in [-0.4, -0.2) is 49.8 Å². The molecule has 0 radical (unpaired) electrons. The average molecular weight is 2030 g/mol. The molecule has 0 saturated carbocycles. The van der Waals surface area contributed by atoms with Gasteiger partial charge in [0.05, 0.1) is 64.6 Å². The molecule has 0 fully saturated rings. The lowest BCUT2D eigenvalue weighted by atomic mass is 9.93. The van der Waals surface area contributed by atoms with E-state index in [1.807, 2.05) is 0 Å². The Labute approximate surface area is 847 Å². The molecule has 0 aliphatic carbocycles. The third kappa shape index (κ3) is 32.0. The molecular weight excluding hydrogens is 1850 g/mol. The van der Waals surface area contributed by atoms with Gasteiger partial charge in [-0.05, 0) is 111 Å². The number of carbonyl (C=O) groups is 4. The van der Waals surface area contributed by atoms with Gasteiger partial charge >= 0.3 is 0 Å². The van der Waals surface area contributed by atoms with Crippen molar-refractivity contribution in [2.75, 3.05) is 45.8 Å². The molecular formula is C120H178Br2N4O4S4. The van der Waals surface area contributed by atoms with Crippen LogP contribution < -0.4 is 19.6 Å². The molecule has 0 bridgehead atoms. The van der Waals surface area contributed by atoms with E-state index in [4.69, 9.17) is 0 Å². The zero-order valence-corrected chi connectivity index (χ0v) is 91.7. The number of benzene rings is 4. The minimum Gasteiger partial charge on any atom is -0.306 e. The van der Waals surface area contributed by atoms with E-state index in [0.29, 0.717) is 46.0 Å². The molecule has 134 heavy (non-hydrogen) atoms. The van der Waals surface area contributed by atoms with Gasteiger partial charge < -0.3 is 19.6 Å². The molecule has 4 aliphatic rings. The Balaban J connectivity index is 0.000000258. The van der Waals surface area contributed by atoms with Crippen molar-refractivity contribution in [1.29, 1.82) is 0 Å². The zero-order valence-electron chi connectivity index (χ0n) is 85.3. The highest BCUT2D eigenvalue weighted by Crippen LogP contribution is 2.59. The quantitative estimate of drug-likeness (QED) is 0.0281. The monoisotopic (exact) mass is 2030 g/mol. The van der Waals surface area contributed by atoms with E-state index in [2.05, 4.69) is 192 Å². The van der Waals surface area contributed by atoms with Gasteiger partial charge in [-0.2, -0.15) is 0 Å². The molecule has 12 rings (SSSR count). The highest BCUT2D eigenvalue weighted by Gasteiger charge is 2.49. The van der Waals surface area contributed by atoms with E-state index in [1.54, 1.807) is 45.3 Å². The summed E-state index contributed by atoms with van der Waals surface area (Å²) in [6.45, 7) is 21.3. The second-order valence-corrected chi connectivity index (χ2v) is 47.3. The number of fused-ring (bicyclic) bond motifs is 12.